The second-order valence-electron chi connectivity index (χ2n) is 4.54. The molecule has 0 spiro atoms. The molecule has 11 nitrogen and oxygen atoms in total. The summed E-state index contributed by atoms with van der Waals surface area (Å²) in [4.78, 5) is -0.474. The summed E-state index contributed by atoms with van der Waals surface area (Å²) in [6.45, 7) is 1.64. The first-order valence-corrected chi connectivity index (χ1v) is 10.4. The molecule has 0 saturated heterocycles. The van der Waals surface area contributed by atoms with Crippen LogP contribution in [-0.4, -0.2) is 50.1 Å². The van der Waals surface area contributed by atoms with Crippen molar-refractivity contribution < 1.29 is 71.7 Å². The molecule has 16 heteroatoms. The molecular weight excluding hydrogens is 412 g/mol. The van der Waals surface area contributed by atoms with Crippen LogP contribution in [-0.2, 0) is 30.8 Å². The summed E-state index contributed by atoms with van der Waals surface area (Å²) in [6.07, 6.45) is 0.977. The maximum atomic E-state index is 11.3. The Morgan fingerprint density at radius 1 is 1.11 bits per heavy atom. The number of rotatable bonds is 4. The Morgan fingerprint density at radius 3 is 2.07 bits per heavy atom. The van der Waals surface area contributed by atoms with Crippen LogP contribution < -0.4 is 42.4 Å². The van der Waals surface area contributed by atoms with Gasteiger partial charge in [0.15, 0.2) is 0 Å². The number of anilines is 1. The third kappa shape index (κ3) is 10.1. The summed E-state index contributed by atoms with van der Waals surface area (Å²) in [7, 11) is -11.3. The van der Waals surface area contributed by atoms with Gasteiger partial charge in [-0.2, -0.15) is 23.3 Å². The molecule has 0 saturated carbocycles. The third-order valence-electron chi connectivity index (χ3n) is 2.40. The van der Waals surface area contributed by atoms with Gasteiger partial charge in [-0.15, -0.1) is 18.7 Å². The monoisotopic (exact) mass is 423 g/mol. The van der Waals surface area contributed by atoms with Crippen LogP contribution in [0.5, 0.6) is 0 Å². The van der Waals surface area contributed by atoms with Crippen molar-refractivity contribution in [3.63, 3.8) is 0 Å². The summed E-state index contributed by atoms with van der Waals surface area (Å²) in [5, 5.41) is 4.06. The van der Waals surface area contributed by atoms with Crippen LogP contribution in [0, 0.1) is 13.0 Å². The molecule has 0 radical (unpaired) electrons. The molecule has 0 aliphatic carbocycles. The summed E-state index contributed by atoms with van der Waals surface area (Å²) >= 11 is 0. The smallest absolute Gasteiger partial charge is 0.754 e. The molecule has 138 valence electrons. The van der Waals surface area contributed by atoms with Gasteiger partial charge in [0.2, 0.25) is 10.0 Å². The van der Waals surface area contributed by atoms with Crippen molar-refractivity contribution in [1.82, 2.24) is 9.78 Å². The van der Waals surface area contributed by atoms with E-state index in [0.717, 1.165) is 18.4 Å². The fourth-order valence-electron chi connectivity index (χ4n) is 1.66. The normalized spacial score (nSPS) is 10.5. The Hall–Kier alpha value is -1.10. The molecule has 0 fully saturated rings. The first-order chi connectivity index (χ1) is 11.3. The summed E-state index contributed by atoms with van der Waals surface area (Å²) in [5.74, 6) is 0.129. The zero-order valence-corrected chi connectivity index (χ0v) is 17.1. The van der Waals surface area contributed by atoms with Crippen molar-refractivity contribution in [1.29, 1.82) is 0 Å². The molecule has 0 aliphatic rings. The topological polar surface area (TPSA) is 172 Å². The van der Waals surface area contributed by atoms with Gasteiger partial charge in [0.25, 0.3) is 0 Å². The van der Waals surface area contributed by atoms with Gasteiger partial charge < -0.3 is 4.55 Å². The fourth-order valence-corrected chi connectivity index (χ4v) is 2.67. The molecule has 1 aromatic heterocycles. The van der Waals surface area contributed by atoms with Crippen molar-refractivity contribution in [3.05, 3.63) is 36.0 Å². The molecule has 27 heavy (non-hydrogen) atoms. The van der Waals surface area contributed by atoms with Gasteiger partial charge >= 0.3 is 48.3 Å². The molecule has 0 atom stereocenters. The van der Waals surface area contributed by atoms with E-state index in [1.54, 1.807) is 6.92 Å². The predicted octanol–water partition coefficient (Wildman–Crippen LogP) is -6.74. The summed E-state index contributed by atoms with van der Waals surface area (Å²) in [6, 6.07) is 7.50. The first-order valence-electron chi connectivity index (χ1n) is 6.08. The van der Waals surface area contributed by atoms with E-state index in [1.165, 1.54) is 16.8 Å². The molecule has 2 aromatic rings. The van der Waals surface area contributed by atoms with Gasteiger partial charge in [-0.1, -0.05) is 4.90 Å². The maximum Gasteiger partial charge on any atom is 1.00 e. The average molecular weight is 423 g/mol. The van der Waals surface area contributed by atoms with Crippen LogP contribution in [0.2, 0.25) is 0 Å². The van der Waals surface area contributed by atoms with E-state index in [0.29, 0.717) is 5.69 Å². The van der Waals surface area contributed by atoms with Gasteiger partial charge in [0, 0.05) is 6.07 Å². The van der Waals surface area contributed by atoms with Gasteiger partial charge in [-0.3, -0.25) is 17.8 Å². The minimum Gasteiger partial charge on any atom is -0.754 e. The quantitative estimate of drug-likeness (QED) is 0.285. The van der Waals surface area contributed by atoms with Crippen LogP contribution in [0.4, 0.5) is 5.82 Å². The van der Waals surface area contributed by atoms with E-state index in [9.17, 15) is 21.4 Å². The van der Waals surface area contributed by atoms with Crippen LogP contribution in [0.25, 0.3) is 5.69 Å². The largest absolute Gasteiger partial charge is 1.00 e. The molecule has 0 unspecified atom stereocenters. The fraction of sp³-hybridized carbons (Fsp3) is 0.182. The molecule has 0 bridgehead atoms. The maximum absolute atomic E-state index is 11.3. The number of aryl methyl sites for hydroxylation is 1. The van der Waals surface area contributed by atoms with Gasteiger partial charge in [0.1, 0.15) is 5.82 Å². The SMILES string of the molecule is Cc1cc(NS(C)(=O)=O)n(-c2c[c-]cc(S(=O)(=O)[O-])c2)n1.O=S(=O)=O.[Li+].[Li+]. The van der Waals surface area contributed by atoms with E-state index in [1.807, 2.05) is 0 Å². The summed E-state index contributed by atoms with van der Waals surface area (Å²) in [5.41, 5.74) is 0.711. The van der Waals surface area contributed by atoms with Gasteiger partial charge in [0.05, 0.1) is 22.1 Å². The minimum atomic E-state index is -4.64. The van der Waals surface area contributed by atoms with Crippen molar-refractivity contribution in [3.8, 4) is 5.69 Å². The van der Waals surface area contributed by atoms with Crippen molar-refractivity contribution in [2.75, 3.05) is 11.0 Å². The number of benzene rings is 1. The Balaban J connectivity index is 0. The minimum absolute atomic E-state index is 0. The number of hydrogen-bond donors (Lipinski definition) is 1. The van der Waals surface area contributed by atoms with Crippen molar-refractivity contribution in [2.45, 2.75) is 11.8 Å². The van der Waals surface area contributed by atoms with E-state index < -0.39 is 35.6 Å². The number of nitrogens with zero attached hydrogens (tertiary/aromatic N) is 2. The Bertz CT molecular complexity index is 1090. The molecule has 0 aliphatic heterocycles. The second-order valence-corrected chi connectivity index (χ2v) is 8.08. The average Bonchev–Trinajstić information content (AvgIpc) is 2.76. The van der Waals surface area contributed by atoms with E-state index in [4.69, 9.17) is 12.6 Å². The van der Waals surface area contributed by atoms with E-state index in [2.05, 4.69) is 15.9 Å². The standard InChI is InChI=1S/C11H12N3O5S2.2Li.O3S/c1-8-6-11(13-20(2,15)16)14(12-8)9-4-3-5-10(7-9)21(17,18)19;;;1-4(2)3/h4-7,13H,1-2H3,(H,17,18,19);;;/q-1;2*+1;/p-1. The third-order valence-corrected chi connectivity index (χ3v) is 3.79. The van der Waals surface area contributed by atoms with E-state index in [-0.39, 0.29) is 49.2 Å². The van der Waals surface area contributed by atoms with E-state index >= 15 is 0 Å². The van der Waals surface area contributed by atoms with Gasteiger partial charge in [-0.25, -0.2) is 8.42 Å². The van der Waals surface area contributed by atoms with Crippen molar-refractivity contribution in [2.24, 2.45) is 0 Å². The zero-order chi connectivity index (χ0) is 19.4. The predicted molar refractivity (Wildman–Crippen MR) is 83.3 cm³/mol. The number of aromatic nitrogens is 2. The number of nitrogens with one attached hydrogen (secondary N) is 1. The Kier molecular flexibility index (Phi) is 11.5. The molecule has 2 rings (SSSR count). The Morgan fingerprint density at radius 2 is 1.63 bits per heavy atom. The molecule has 1 aromatic carbocycles. The molecule has 1 N–H and O–H groups in total. The number of hydrogen-bond acceptors (Lipinski definition) is 9. The summed E-state index contributed by atoms with van der Waals surface area (Å²) < 4.78 is 84.5. The van der Waals surface area contributed by atoms with Crippen molar-refractivity contribution >= 4 is 36.6 Å². The van der Waals surface area contributed by atoms with Crippen LogP contribution in [0.1, 0.15) is 5.69 Å². The molecular formula is C11H11Li2N3O8S3. The van der Waals surface area contributed by atoms with Crippen LogP contribution >= 0.6 is 0 Å². The second kappa shape index (κ2) is 11.0. The van der Waals surface area contributed by atoms with Gasteiger partial charge in [-0.05, 0) is 12.6 Å². The molecule has 0 amide bonds. The molecule has 1 heterocycles. The van der Waals surface area contributed by atoms with Crippen LogP contribution in [0.15, 0.2) is 29.2 Å². The Labute approximate surface area is 181 Å². The van der Waals surface area contributed by atoms with Crippen LogP contribution in [0.3, 0.4) is 0 Å². The zero-order valence-electron chi connectivity index (χ0n) is 14.7. The number of sulfonamides is 1. The first kappa shape index (κ1) is 28.1.